The normalized spacial score (nSPS) is 10.5. The molecule has 0 radical (unpaired) electrons. The number of hydrogen-bond acceptors (Lipinski definition) is 4. The van der Waals surface area contributed by atoms with E-state index >= 15 is 0 Å². The molecule has 25 heavy (non-hydrogen) atoms. The van der Waals surface area contributed by atoms with Crippen LogP contribution >= 0.6 is 0 Å². The number of ketones is 2. The summed E-state index contributed by atoms with van der Waals surface area (Å²) in [5.74, 6) is 1.13. The highest BCUT2D eigenvalue weighted by molar-refractivity contribution is 6.18. The standard InChI is InChI=1S/C21H18O4/c1-13(22)18-14(2)25-21(16-9-11-17(24-3)12-10-16)19(18)20(23)15-7-5-4-6-8-15/h4-12H,1-3H3. The third kappa shape index (κ3) is 3.11. The van der Waals surface area contributed by atoms with E-state index in [-0.39, 0.29) is 11.6 Å². The highest BCUT2D eigenvalue weighted by Gasteiger charge is 2.27. The molecule has 4 nitrogen and oxygen atoms in total. The van der Waals surface area contributed by atoms with Crippen molar-refractivity contribution in [3.05, 3.63) is 77.0 Å². The van der Waals surface area contributed by atoms with Gasteiger partial charge in [-0.15, -0.1) is 0 Å². The zero-order valence-electron chi connectivity index (χ0n) is 14.3. The highest BCUT2D eigenvalue weighted by Crippen LogP contribution is 2.34. The second-order valence-corrected chi connectivity index (χ2v) is 5.72. The fourth-order valence-electron chi connectivity index (χ4n) is 2.86. The molecule has 0 unspecified atom stereocenters. The maximum Gasteiger partial charge on any atom is 0.197 e. The summed E-state index contributed by atoms with van der Waals surface area (Å²) in [7, 11) is 1.59. The molecule has 3 aromatic rings. The van der Waals surface area contributed by atoms with Crippen molar-refractivity contribution in [1.82, 2.24) is 0 Å². The van der Waals surface area contributed by atoms with Gasteiger partial charge in [0.1, 0.15) is 17.3 Å². The van der Waals surface area contributed by atoms with Gasteiger partial charge in [-0.1, -0.05) is 30.3 Å². The molecule has 0 aliphatic rings. The summed E-state index contributed by atoms with van der Waals surface area (Å²) in [6.07, 6.45) is 0. The van der Waals surface area contributed by atoms with Gasteiger partial charge in [0.2, 0.25) is 0 Å². The average molecular weight is 334 g/mol. The van der Waals surface area contributed by atoms with Gasteiger partial charge in [0.25, 0.3) is 0 Å². The Kier molecular flexibility index (Phi) is 4.52. The lowest BCUT2D eigenvalue weighted by Crippen LogP contribution is -2.08. The monoisotopic (exact) mass is 334 g/mol. The Hall–Kier alpha value is -3.14. The molecular weight excluding hydrogens is 316 g/mol. The first-order valence-electron chi connectivity index (χ1n) is 7.91. The minimum absolute atomic E-state index is 0.194. The fourth-order valence-corrected chi connectivity index (χ4v) is 2.86. The number of carbonyl (C=O) groups is 2. The number of Topliss-reactive ketones (excluding diaryl/α,β-unsaturated/α-hetero) is 1. The topological polar surface area (TPSA) is 56.5 Å². The second kappa shape index (κ2) is 6.77. The van der Waals surface area contributed by atoms with E-state index in [1.807, 2.05) is 18.2 Å². The van der Waals surface area contributed by atoms with E-state index in [9.17, 15) is 9.59 Å². The number of rotatable bonds is 5. The van der Waals surface area contributed by atoms with Gasteiger partial charge in [-0.25, -0.2) is 0 Å². The summed E-state index contributed by atoms with van der Waals surface area (Å²) in [5, 5.41) is 0. The van der Waals surface area contributed by atoms with Gasteiger partial charge in [-0.05, 0) is 38.1 Å². The summed E-state index contributed by atoms with van der Waals surface area (Å²) in [5.41, 5.74) is 1.87. The predicted octanol–water partition coefficient (Wildman–Crippen LogP) is 4.70. The smallest absolute Gasteiger partial charge is 0.197 e. The molecule has 0 N–H and O–H groups in total. The Morgan fingerprint density at radius 1 is 0.920 bits per heavy atom. The molecule has 126 valence electrons. The first-order chi connectivity index (χ1) is 12.0. The molecule has 0 fully saturated rings. The van der Waals surface area contributed by atoms with Gasteiger partial charge >= 0.3 is 0 Å². The molecule has 0 saturated heterocycles. The second-order valence-electron chi connectivity index (χ2n) is 5.72. The molecule has 0 spiro atoms. The van der Waals surface area contributed by atoms with E-state index < -0.39 is 0 Å². The molecule has 0 amide bonds. The van der Waals surface area contributed by atoms with Crippen molar-refractivity contribution in [2.75, 3.05) is 7.11 Å². The molecular formula is C21H18O4. The molecule has 3 rings (SSSR count). The van der Waals surface area contributed by atoms with Gasteiger partial charge in [0.05, 0.1) is 18.2 Å². The molecule has 1 heterocycles. The minimum atomic E-state index is -0.228. The Bertz CT molecular complexity index is 919. The van der Waals surface area contributed by atoms with Crippen LogP contribution in [0.3, 0.4) is 0 Å². The lowest BCUT2D eigenvalue weighted by molar-refractivity contribution is 0.0991. The van der Waals surface area contributed by atoms with Gasteiger partial charge in [0, 0.05) is 11.1 Å². The lowest BCUT2D eigenvalue weighted by atomic mass is 9.94. The molecule has 0 aliphatic carbocycles. The predicted molar refractivity (Wildman–Crippen MR) is 95.3 cm³/mol. The Morgan fingerprint density at radius 3 is 2.12 bits per heavy atom. The van der Waals surface area contributed by atoms with Crippen LogP contribution in [0, 0.1) is 6.92 Å². The lowest BCUT2D eigenvalue weighted by Gasteiger charge is -2.06. The van der Waals surface area contributed by atoms with Crippen LogP contribution < -0.4 is 4.74 Å². The van der Waals surface area contributed by atoms with E-state index in [1.165, 1.54) is 6.92 Å². The van der Waals surface area contributed by atoms with Crippen LogP contribution in [0.2, 0.25) is 0 Å². The van der Waals surface area contributed by atoms with Crippen LogP contribution in [0.15, 0.2) is 59.0 Å². The zero-order chi connectivity index (χ0) is 18.0. The van der Waals surface area contributed by atoms with Crippen LogP contribution in [0.1, 0.15) is 39.0 Å². The van der Waals surface area contributed by atoms with Gasteiger partial charge in [-0.2, -0.15) is 0 Å². The number of benzene rings is 2. The van der Waals surface area contributed by atoms with E-state index in [1.54, 1.807) is 50.4 Å². The largest absolute Gasteiger partial charge is 0.497 e. The molecule has 0 aliphatic heterocycles. The Balaban J connectivity index is 2.20. The number of furan rings is 1. The number of carbonyl (C=O) groups excluding carboxylic acids is 2. The van der Waals surface area contributed by atoms with Crippen molar-refractivity contribution in [3.8, 4) is 17.1 Å². The van der Waals surface area contributed by atoms with Gasteiger partial charge < -0.3 is 9.15 Å². The molecule has 2 aromatic carbocycles. The van der Waals surface area contributed by atoms with Crippen LogP contribution in [-0.4, -0.2) is 18.7 Å². The molecule has 1 aromatic heterocycles. The summed E-state index contributed by atoms with van der Waals surface area (Å²) in [6.45, 7) is 3.14. The van der Waals surface area contributed by atoms with E-state index in [0.29, 0.717) is 34.0 Å². The first-order valence-corrected chi connectivity index (χ1v) is 7.91. The number of hydrogen-bond donors (Lipinski definition) is 0. The van der Waals surface area contributed by atoms with Crippen molar-refractivity contribution in [3.63, 3.8) is 0 Å². The van der Waals surface area contributed by atoms with Crippen LogP contribution in [0.4, 0.5) is 0 Å². The Morgan fingerprint density at radius 2 is 1.56 bits per heavy atom. The third-order valence-electron chi connectivity index (χ3n) is 4.05. The maximum atomic E-state index is 13.1. The van der Waals surface area contributed by atoms with E-state index in [4.69, 9.17) is 9.15 Å². The maximum absolute atomic E-state index is 13.1. The van der Waals surface area contributed by atoms with Gasteiger partial charge in [-0.3, -0.25) is 9.59 Å². The van der Waals surface area contributed by atoms with Crippen molar-refractivity contribution in [1.29, 1.82) is 0 Å². The van der Waals surface area contributed by atoms with Gasteiger partial charge in [0.15, 0.2) is 11.6 Å². The van der Waals surface area contributed by atoms with Crippen LogP contribution in [-0.2, 0) is 0 Å². The quantitative estimate of drug-likeness (QED) is 0.635. The van der Waals surface area contributed by atoms with Crippen molar-refractivity contribution in [2.24, 2.45) is 0 Å². The zero-order valence-corrected chi connectivity index (χ0v) is 14.3. The average Bonchev–Trinajstić information content (AvgIpc) is 2.99. The minimum Gasteiger partial charge on any atom is -0.497 e. The third-order valence-corrected chi connectivity index (χ3v) is 4.05. The molecule has 4 heteroatoms. The fraction of sp³-hybridized carbons (Fsp3) is 0.143. The number of ether oxygens (including phenoxy) is 1. The highest BCUT2D eigenvalue weighted by atomic mass is 16.5. The summed E-state index contributed by atoms with van der Waals surface area (Å²) >= 11 is 0. The van der Waals surface area contributed by atoms with Crippen LogP contribution in [0.5, 0.6) is 5.75 Å². The Labute approximate surface area is 146 Å². The van der Waals surface area contributed by atoms with Crippen molar-refractivity contribution >= 4 is 11.6 Å². The van der Waals surface area contributed by atoms with Crippen molar-refractivity contribution < 1.29 is 18.7 Å². The summed E-state index contributed by atoms with van der Waals surface area (Å²) in [6, 6.07) is 16.1. The molecule has 0 bridgehead atoms. The van der Waals surface area contributed by atoms with E-state index in [0.717, 1.165) is 5.56 Å². The van der Waals surface area contributed by atoms with Crippen molar-refractivity contribution in [2.45, 2.75) is 13.8 Å². The summed E-state index contributed by atoms with van der Waals surface area (Å²) in [4.78, 5) is 25.2. The molecule has 0 atom stereocenters. The van der Waals surface area contributed by atoms with E-state index in [2.05, 4.69) is 0 Å². The number of aryl methyl sites for hydroxylation is 1. The first kappa shape index (κ1) is 16.7. The SMILES string of the molecule is COc1ccc(-c2oc(C)c(C(C)=O)c2C(=O)c2ccccc2)cc1. The van der Waals surface area contributed by atoms with Crippen LogP contribution in [0.25, 0.3) is 11.3 Å². The molecule has 0 saturated carbocycles. The number of methoxy groups -OCH3 is 1. The summed E-state index contributed by atoms with van der Waals surface area (Å²) < 4.78 is 11.0.